The minimum absolute atomic E-state index is 0.306. The summed E-state index contributed by atoms with van der Waals surface area (Å²) in [5.41, 5.74) is 3.63. The first-order valence-electron chi connectivity index (χ1n) is 11.4. The number of aryl methyl sites for hydroxylation is 1. The van der Waals surface area contributed by atoms with Crippen LogP contribution < -0.4 is 4.74 Å². The van der Waals surface area contributed by atoms with Crippen LogP contribution in [0.2, 0.25) is 0 Å². The van der Waals surface area contributed by atoms with Crippen LogP contribution in [0.15, 0.2) is 18.2 Å². The van der Waals surface area contributed by atoms with Crippen LogP contribution in [0.1, 0.15) is 70.4 Å². The van der Waals surface area contributed by atoms with E-state index in [9.17, 15) is 0 Å². The van der Waals surface area contributed by atoms with Gasteiger partial charge in [-0.25, -0.2) is 0 Å². The molecule has 0 spiro atoms. The summed E-state index contributed by atoms with van der Waals surface area (Å²) in [5.74, 6) is 2.94. The SMILES string of the molecule is CCC(C)Oc1ccc2c(c1)CCC1CN(CC3CC3)CCC21CC.O=S(=O)(O)O. The number of hydrogen-bond acceptors (Lipinski definition) is 4. The molecule has 1 aromatic rings. The highest BCUT2D eigenvalue weighted by atomic mass is 32.3. The number of likely N-dealkylation sites (tertiary alicyclic amines) is 1. The smallest absolute Gasteiger partial charge is 0.394 e. The molecule has 2 aliphatic carbocycles. The number of piperidine rings is 1. The molecule has 1 saturated heterocycles. The van der Waals surface area contributed by atoms with E-state index in [-0.39, 0.29) is 0 Å². The van der Waals surface area contributed by atoms with Gasteiger partial charge in [0.1, 0.15) is 5.75 Å². The third kappa shape index (κ3) is 5.96. The summed E-state index contributed by atoms with van der Waals surface area (Å²) < 4.78 is 37.7. The highest BCUT2D eigenvalue weighted by Gasteiger charge is 2.46. The minimum atomic E-state index is -4.67. The van der Waals surface area contributed by atoms with E-state index >= 15 is 0 Å². The third-order valence-electron chi connectivity index (χ3n) is 7.27. The Labute approximate surface area is 181 Å². The highest BCUT2D eigenvalue weighted by Crippen LogP contribution is 2.50. The van der Waals surface area contributed by atoms with Crippen molar-refractivity contribution in [3.8, 4) is 5.75 Å². The maximum atomic E-state index is 8.74. The Morgan fingerprint density at radius 1 is 1.23 bits per heavy atom. The number of nitrogens with zero attached hydrogens (tertiary/aromatic N) is 1. The molecule has 0 aromatic heterocycles. The average molecular weight is 440 g/mol. The largest absolute Gasteiger partial charge is 0.491 e. The molecule has 3 aliphatic rings. The van der Waals surface area contributed by atoms with E-state index in [0.717, 1.165) is 24.0 Å². The van der Waals surface area contributed by atoms with Crippen molar-refractivity contribution >= 4 is 10.4 Å². The van der Waals surface area contributed by atoms with Crippen molar-refractivity contribution in [3.05, 3.63) is 29.3 Å². The summed E-state index contributed by atoms with van der Waals surface area (Å²) in [6, 6.07) is 7.01. The zero-order valence-corrected chi connectivity index (χ0v) is 19.3. The second kappa shape index (κ2) is 9.55. The average Bonchev–Trinajstić information content (AvgIpc) is 3.50. The van der Waals surface area contributed by atoms with E-state index in [1.807, 2.05) is 0 Å². The summed E-state index contributed by atoms with van der Waals surface area (Å²) in [4.78, 5) is 2.78. The Balaban J connectivity index is 0.000000461. The van der Waals surface area contributed by atoms with Crippen LogP contribution in [0.3, 0.4) is 0 Å². The van der Waals surface area contributed by atoms with E-state index < -0.39 is 10.4 Å². The van der Waals surface area contributed by atoms with Crippen LogP contribution in [-0.4, -0.2) is 48.2 Å². The molecule has 1 saturated carbocycles. The number of fused-ring (bicyclic) bond motifs is 3. The van der Waals surface area contributed by atoms with Crippen LogP contribution in [0.25, 0.3) is 0 Å². The quantitative estimate of drug-likeness (QED) is 0.633. The lowest BCUT2D eigenvalue weighted by molar-refractivity contribution is 0.0701. The molecule has 0 bridgehead atoms. The molecule has 2 N–H and O–H groups in total. The standard InChI is InChI=1S/C23H35NO.H2O4S/c1-4-17(3)25-21-10-11-22-19(14-21)8-9-20-16-24(15-18-6-7-18)13-12-23(20,22)5-2;1-5(2,3)4/h10-11,14,17-18,20H,4-9,12-13,15-16H2,1-3H3;(H2,1,2,3,4). The molecule has 1 aliphatic heterocycles. The molecule has 1 heterocycles. The van der Waals surface area contributed by atoms with Gasteiger partial charge in [-0.3, -0.25) is 9.11 Å². The van der Waals surface area contributed by atoms with E-state index in [4.69, 9.17) is 22.3 Å². The number of hydrogen-bond donors (Lipinski definition) is 2. The first-order valence-corrected chi connectivity index (χ1v) is 12.8. The van der Waals surface area contributed by atoms with Crippen molar-refractivity contribution < 1.29 is 22.3 Å². The fourth-order valence-electron chi connectivity index (χ4n) is 5.33. The predicted molar refractivity (Wildman–Crippen MR) is 119 cm³/mol. The van der Waals surface area contributed by atoms with Crippen molar-refractivity contribution in [3.63, 3.8) is 0 Å². The zero-order valence-electron chi connectivity index (χ0n) is 18.5. The van der Waals surface area contributed by atoms with Gasteiger partial charge in [-0.15, -0.1) is 0 Å². The molecule has 2 fully saturated rings. The minimum Gasteiger partial charge on any atom is -0.491 e. The first-order chi connectivity index (χ1) is 14.1. The molecule has 30 heavy (non-hydrogen) atoms. The Morgan fingerprint density at radius 2 is 1.93 bits per heavy atom. The summed E-state index contributed by atoms with van der Waals surface area (Å²) in [6.07, 6.45) is 9.54. The zero-order chi connectivity index (χ0) is 21.9. The maximum Gasteiger partial charge on any atom is 0.394 e. The Kier molecular flexibility index (Phi) is 7.49. The van der Waals surface area contributed by atoms with Crippen molar-refractivity contribution in [2.24, 2.45) is 11.8 Å². The van der Waals surface area contributed by atoms with Gasteiger partial charge in [-0.05, 0) is 93.5 Å². The summed E-state index contributed by atoms with van der Waals surface area (Å²) in [6.45, 7) is 10.8. The molecule has 6 nitrogen and oxygen atoms in total. The van der Waals surface area contributed by atoms with Gasteiger partial charge in [0.05, 0.1) is 6.10 Å². The van der Waals surface area contributed by atoms with Gasteiger partial charge in [0.25, 0.3) is 0 Å². The molecule has 1 aromatic carbocycles. The van der Waals surface area contributed by atoms with Crippen molar-refractivity contribution in [2.45, 2.75) is 77.2 Å². The molecule has 170 valence electrons. The topological polar surface area (TPSA) is 87.1 Å². The highest BCUT2D eigenvalue weighted by molar-refractivity contribution is 7.79. The van der Waals surface area contributed by atoms with Crippen LogP contribution in [0.5, 0.6) is 5.75 Å². The fraction of sp³-hybridized carbons (Fsp3) is 0.739. The molecule has 0 amide bonds. The number of rotatable bonds is 6. The van der Waals surface area contributed by atoms with Gasteiger partial charge in [-0.1, -0.05) is 19.9 Å². The lowest BCUT2D eigenvalue weighted by atomic mass is 9.58. The van der Waals surface area contributed by atoms with E-state index in [1.54, 1.807) is 11.1 Å². The molecule has 0 radical (unpaired) electrons. The molecule has 4 rings (SSSR count). The van der Waals surface area contributed by atoms with Gasteiger partial charge in [0.2, 0.25) is 0 Å². The van der Waals surface area contributed by atoms with Gasteiger partial charge in [0, 0.05) is 18.5 Å². The number of benzene rings is 1. The molecular formula is C23H37NO5S. The Bertz CT molecular complexity index is 815. The second-order valence-electron chi connectivity index (χ2n) is 9.30. The Morgan fingerprint density at radius 3 is 2.53 bits per heavy atom. The van der Waals surface area contributed by atoms with Crippen molar-refractivity contribution in [1.82, 2.24) is 4.90 Å². The van der Waals surface area contributed by atoms with E-state index in [0.29, 0.717) is 11.5 Å². The van der Waals surface area contributed by atoms with Gasteiger partial charge < -0.3 is 9.64 Å². The lowest BCUT2D eigenvalue weighted by Crippen LogP contribution is -2.52. The van der Waals surface area contributed by atoms with Crippen molar-refractivity contribution in [2.75, 3.05) is 19.6 Å². The van der Waals surface area contributed by atoms with Crippen LogP contribution in [0, 0.1) is 11.8 Å². The maximum absolute atomic E-state index is 8.74. The van der Waals surface area contributed by atoms with Crippen LogP contribution in [-0.2, 0) is 22.2 Å². The van der Waals surface area contributed by atoms with E-state index in [2.05, 4.69) is 43.9 Å². The molecular weight excluding hydrogens is 402 g/mol. The van der Waals surface area contributed by atoms with E-state index in [1.165, 1.54) is 58.2 Å². The third-order valence-corrected chi connectivity index (χ3v) is 7.27. The molecule has 3 atom stereocenters. The summed E-state index contributed by atoms with van der Waals surface area (Å²) in [5, 5.41) is 0. The fourth-order valence-corrected chi connectivity index (χ4v) is 5.33. The normalized spacial score (nSPS) is 27.3. The van der Waals surface area contributed by atoms with Crippen LogP contribution >= 0.6 is 0 Å². The summed E-state index contributed by atoms with van der Waals surface area (Å²) >= 11 is 0. The number of ether oxygens (including phenoxy) is 1. The monoisotopic (exact) mass is 439 g/mol. The van der Waals surface area contributed by atoms with Crippen LogP contribution in [0.4, 0.5) is 0 Å². The van der Waals surface area contributed by atoms with Gasteiger partial charge in [-0.2, -0.15) is 8.42 Å². The predicted octanol–water partition coefficient (Wildman–Crippen LogP) is 4.54. The Hall–Kier alpha value is -1.15. The first kappa shape index (κ1) is 23.5. The van der Waals surface area contributed by atoms with Crippen molar-refractivity contribution in [1.29, 1.82) is 0 Å². The van der Waals surface area contributed by atoms with Gasteiger partial charge >= 0.3 is 10.4 Å². The molecule has 3 unspecified atom stereocenters. The summed E-state index contributed by atoms with van der Waals surface area (Å²) in [7, 11) is -4.67. The second-order valence-corrected chi connectivity index (χ2v) is 10.2. The lowest BCUT2D eigenvalue weighted by Gasteiger charge is -2.51. The van der Waals surface area contributed by atoms with Gasteiger partial charge in [0.15, 0.2) is 0 Å². The molecule has 7 heteroatoms.